The minimum absolute atomic E-state index is 0.0291. The van der Waals surface area contributed by atoms with Crippen LogP contribution in [0.1, 0.15) is 48.9 Å². The van der Waals surface area contributed by atoms with Crippen LogP contribution >= 0.6 is 0 Å². The highest BCUT2D eigenvalue weighted by atomic mass is 32.2. The first-order chi connectivity index (χ1) is 16.0. The Bertz CT molecular complexity index is 1190. The molecule has 4 atom stereocenters. The maximum absolute atomic E-state index is 14.3. The number of fused-ring (bicyclic) bond motifs is 2. The van der Waals surface area contributed by atoms with E-state index in [9.17, 15) is 18.5 Å². The minimum Gasteiger partial charge on any atom is -0.258 e. The molecule has 4 unspecified atom stereocenters. The third kappa shape index (κ3) is 3.96. The molecular formula is C26H26N2O4S. The summed E-state index contributed by atoms with van der Waals surface area (Å²) >= 11 is 0. The molecule has 3 aromatic carbocycles. The van der Waals surface area contributed by atoms with E-state index in [0.717, 1.165) is 36.8 Å². The van der Waals surface area contributed by atoms with Crippen molar-refractivity contribution in [1.82, 2.24) is 4.31 Å². The van der Waals surface area contributed by atoms with Crippen LogP contribution in [0.25, 0.3) is 0 Å². The average Bonchev–Trinajstić information content (AvgIpc) is 2.85. The van der Waals surface area contributed by atoms with Crippen LogP contribution in [0, 0.1) is 22.0 Å². The molecule has 6 nitrogen and oxygen atoms in total. The first kappa shape index (κ1) is 21.8. The molecule has 0 amide bonds. The lowest BCUT2D eigenvalue weighted by Gasteiger charge is -2.52. The molecule has 0 spiro atoms. The fourth-order valence-corrected chi connectivity index (χ4v) is 7.70. The van der Waals surface area contributed by atoms with Gasteiger partial charge in [-0.25, -0.2) is 8.42 Å². The first-order valence-corrected chi connectivity index (χ1v) is 12.8. The van der Waals surface area contributed by atoms with Crippen molar-refractivity contribution in [2.24, 2.45) is 11.8 Å². The molecule has 5 rings (SSSR count). The van der Waals surface area contributed by atoms with E-state index in [-0.39, 0.29) is 34.5 Å². The van der Waals surface area contributed by atoms with Gasteiger partial charge in [0, 0.05) is 12.1 Å². The molecule has 0 aromatic heterocycles. The van der Waals surface area contributed by atoms with Crippen molar-refractivity contribution in [3.05, 3.63) is 106 Å². The summed E-state index contributed by atoms with van der Waals surface area (Å²) in [5.41, 5.74) is 1.72. The summed E-state index contributed by atoms with van der Waals surface area (Å²) in [6.07, 6.45) is 3.99. The lowest BCUT2D eigenvalue weighted by atomic mass is 9.68. The number of hydrogen-bond donors (Lipinski definition) is 0. The number of piperidine rings is 1. The Labute approximate surface area is 194 Å². The van der Waals surface area contributed by atoms with Crippen LogP contribution in [0.3, 0.4) is 0 Å². The zero-order valence-corrected chi connectivity index (χ0v) is 19.0. The smallest absolute Gasteiger partial charge is 0.258 e. The number of nitro groups is 1. The maximum Gasteiger partial charge on any atom is 0.270 e. The molecule has 1 heterocycles. The molecule has 33 heavy (non-hydrogen) atoms. The molecule has 0 N–H and O–H groups in total. The Morgan fingerprint density at radius 2 is 1.33 bits per heavy atom. The number of benzene rings is 3. The van der Waals surface area contributed by atoms with E-state index in [4.69, 9.17) is 0 Å². The molecule has 3 aromatic rings. The second-order valence-corrected chi connectivity index (χ2v) is 10.8. The van der Waals surface area contributed by atoms with E-state index in [0.29, 0.717) is 0 Å². The number of nitro benzene ring substituents is 1. The second kappa shape index (κ2) is 8.72. The van der Waals surface area contributed by atoms with Gasteiger partial charge in [0.1, 0.15) is 0 Å². The van der Waals surface area contributed by atoms with Crippen LogP contribution in [-0.4, -0.2) is 17.6 Å². The summed E-state index contributed by atoms with van der Waals surface area (Å²) < 4.78 is 30.2. The van der Waals surface area contributed by atoms with Gasteiger partial charge in [0.05, 0.1) is 21.9 Å². The van der Waals surface area contributed by atoms with Gasteiger partial charge in [0.15, 0.2) is 0 Å². The third-order valence-electron chi connectivity index (χ3n) is 7.08. The van der Waals surface area contributed by atoms with Gasteiger partial charge in [-0.2, -0.15) is 4.31 Å². The van der Waals surface area contributed by atoms with Gasteiger partial charge in [-0.15, -0.1) is 0 Å². The van der Waals surface area contributed by atoms with Crippen LogP contribution in [0.4, 0.5) is 5.69 Å². The average molecular weight is 463 g/mol. The van der Waals surface area contributed by atoms with E-state index in [1.807, 2.05) is 60.7 Å². The van der Waals surface area contributed by atoms with Gasteiger partial charge in [0.25, 0.3) is 5.69 Å². The van der Waals surface area contributed by atoms with Crippen LogP contribution in [-0.2, 0) is 10.0 Å². The topological polar surface area (TPSA) is 80.5 Å². The quantitative estimate of drug-likeness (QED) is 0.350. The van der Waals surface area contributed by atoms with Crippen LogP contribution in [0.15, 0.2) is 89.8 Å². The van der Waals surface area contributed by atoms with Gasteiger partial charge in [-0.1, -0.05) is 73.2 Å². The van der Waals surface area contributed by atoms with Crippen molar-refractivity contribution in [2.75, 3.05) is 0 Å². The van der Waals surface area contributed by atoms with Gasteiger partial charge in [-0.3, -0.25) is 10.1 Å². The van der Waals surface area contributed by atoms with E-state index in [1.54, 1.807) is 4.31 Å². The molecular weight excluding hydrogens is 436 g/mol. The standard InChI is InChI=1S/C26H26N2O4S/c29-28(30)23-15-8-16-24(18-23)33(31,32)27-25(19-9-3-1-4-10-19)21-13-7-14-22(17-21)26(27)20-11-5-2-6-12-20/h1-6,8-12,15-16,18,21-22,25-26H,7,13-14,17H2. The number of nitrogens with zero attached hydrogens (tertiary/aromatic N) is 2. The molecule has 7 heteroatoms. The number of hydrogen-bond acceptors (Lipinski definition) is 4. The van der Waals surface area contributed by atoms with Crippen molar-refractivity contribution in [3.8, 4) is 0 Å². The van der Waals surface area contributed by atoms with E-state index < -0.39 is 14.9 Å². The lowest BCUT2D eigenvalue weighted by molar-refractivity contribution is -0.385. The second-order valence-electron chi connectivity index (χ2n) is 8.99. The Balaban J connectivity index is 1.72. The van der Waals surface area contributed by atoms with Crippen molar-refractivity contribution in [2.45, 2.75) is 42.7 Å². The number of non-ortho nitro benzene ring substituents is 1. The number of sulfonamides is 1. The summed E-state index contributed by atoms with van der Waals surface area (Å²) in [4.78, 5) is 10.8. The summed E-state index contributed by atoms with van der Waals surface area (Å²) in [6, 6.07) is 24.4. The Morgan fingerprint density at radius 1 is 0.788 bits per heavy atom. The molecule has 1 saturated carbocycles. The minimum atomic E-state index is -4.03. The van der Waals surface area contributed by atoms with E-state index in [2.05, 4.69) is 0 Å². The van der Waals surface area contributed by atoms with Crippen molar-refractivity contribution >= 4 is 15.7 Å². The summed E-state index contributed by atoms with van der Waals surface area (Å²) in [5, 5.41) is 11.4. The molecule has 2 fully saturated rings. The fourth-order valence-electron chi connectivity index (χ4n) is 5.75. The SMILES string of the molecule is O=[N+]([O-])c1cccc(S(=O)(=O)N2C(c3ccccc3)C3CCCC(C3)C2c2ccccc2)c1. The van der Waals surface area contributed by atoms with E-state index >= 15 is 0 Å². The summed E-state index contributed by atoms with van der Waals surface area (Å²) in [5.74, 6) is 0.416. The lowest BCUT2D eigenvalue weighted by Crippen LogP contribution is -2.49. The van der Waals surface area contributed by atoms with Gasteiger partial charge in [0.2, 0.25) is 10.0 Å². The third-order valence-corrected chi connectivity index (χ3v) is 8.94. The Morgan fingerprint density at radius 3 is 1.85 bits per heavy atom. The van der Waals surface area contributed by atoms with Crippen molar-refractivity contribution < 1.29 is 13.3 Å². The van der Waals surface area contributed by atoms with E-state index in [1.165, 1.54) is 24.3 Å². The molecule has 2 bridgehead atoms. The van der Waals surface area contributed by atoms with Crippen molar-refractivity contribution in [1.29, 1.82) is 0 Å². The predicted molar refractivity (Wildman–Crippen MR) is 126 cm³/mol. The Hall–Kier alpha value is -3.03. The van der Waals surface area contributed by atoms with Crippen LogP contribution in [0.5, 0.6) is 0 Å². The summed E-state index contributed by atoms with van der Waals surface area (Å²) in [6.45, 7) is 0. The normalized spacial score (nSPS) is 25.5. The number of rotatable bonds is 5. The highest BCUT2D eigenvalue weighted by molar-refractivity contribution is 7.89. The largest absolute Gasteiger partial charge is 0.270 e. The van der Waals surface area contributed by atoms with Crippen LogP contribution < -0.4 is 0 Å². The maximum atomic E-state index is 14.3. The van der Waals surface area contributed by atoms with Crippen molar-refractivity contribution in [3.63, 3.8) is 0 Å². The zero-order chi connectivity index (χ0) is 23.0. The van der Waals surface area contributed by atoms with Gasteiger partial charge in [-0.05, 0) is 48.3 Å². The molecule has 0 radical (unpaired) electrons. The highest BCUT2D eigenvalue weighted by Crippen LogP contribution is 2.55. The molecule has 1 aliphatic heterocycles. The fraction of sp³-hybridized carbons (Fsp3) is 0.308. The first-order valence-electron chi connectivity index (χ1n) is 11.3. The van der Waals surface area contributed by atoms with Gasteiger partial charge >= 0.3 is 0 Å². The molecule has 1 saturated heterocycles. The molecule has 1 aliphatic carbocycles. The summed E-state index contributed by atoms with van der Waals surface area (Å²) in [7, 11) is -4.03. The predicted octanol–water partition coefficient (Wildman–Crippen LogP) is 5.89. The highest BCUT2D eigenvalue weighted by Gasteiger charge is 2.51. The van der Waals surface area contributed by atoms with Crippen LogP contribution in [0.2, 0.25) is 0 Å². The molecule has 2 aliphatic rings. The Kier molecular flexibility index (Phi) is 5.76. The zero-order valence-electron chi connectivity index (χ0n) is 18.2. The monoisotopic (exact) mass is 462 g/mol. The molecule has 170 valence electrons. The van der Waals surface area contributed by atoms with Gasteiger partial charge < -0.3 is 0 Å².